The lowest BCUT2D eigenvalue weighted by Crippen LogP contribution is -2.32. The van der Waals surface area contributed by atoms with Gasteiger partial charge in [-0.3, -0.25) is 9.59 Å². The first-order valence-corrected chi connectivity index (χ1v) is 9.48. The highest BCUT2D eigenvalue weighted by Crippen LogP contribution is 2.31. The minimum Gasteiger partial charge on any atom is -0.326 e. The molecule has 0 radical (unpaired) electrons. The second kappa shape index (κ2) is 8.50. The quantitative estimate of drug-likeness (QED) is 0.780. The van der Waals surface area contributed by atoms with Gasteiger partial charge in [0, 0.05) is 17.5 Å². The second-order valence-electron chi connectivity index (χ2n) is 7.42. The summed E-state index contributed by atoms with van der Waals surface area (Å²) in [6.07, 6.45) is 2.14. The van der Waals surface area contributed by atoms with Gasteiger partial charge in [0.1, 0.15) is 17.3 Å². The highest BCUT2D eigenvalue weighted by Gasteiger charge is 2.30. The van der Waals surface area contributed by atoms with Gasteiger partial charge in [0.2, 0.25) is 11.8 Å². The average molecular weight is 386 g/mol. The molecule has 0 aliphatic heterocycles. The van der Waals surface area contributed by atoms with Crippen LogP contribution < -0.4 is 10.6 Å². The number of anilines is 2. The molecule has 0 heterocycles. The summed E-state index contributed by atoms with van der Waals surface area (Å²) in [6, 6.07) is 9.24. The van der Waals surface area contributed by atoms with Crippen LogP contribution in [0.4, 0.5) is 20.2 Å². The van der Waals surface area contributed by atoms with Crippen molar-refractivity contribution in [1.29, 1.82) is 0 Å². The van der Waals surface area contributed by atoms with E-state index in [1.165, 1.54) is 6.07 Å². The van der Waals surface area contributed by atoms with Gasteiger partial charge in [0.15, 0.2) is 0 Å². The van der Waals surface area contributed by atoms with E-state index in [9.17, 15) is 18.4 Å². The van der Waals surface area contributed by atoms with Crippen LogP contribution in [0.25, 0.3) is 0 Å². The second-order valence-corrected chi connectivity index (χ2v) is 7.42. The third-order valence-corrected chi connectivity index (χ3v) is 5.45. The number of nitrogens with one attached hydrogen (secondary N) is 2. The van der Waals surface area contributed by atoms with E-state index < -0.39 is 23.2 Å². The Hall–Kier alpha value is -2.76. The Morgan fingerprint density at radius 3 is 1.89 bits per heavy atom. The molecule has 0 bridgehead atoms. The molecule has 0 spiro atoms. The predicted octanol–water partition coefficient (Wildman–Crippen LogP) is 4.97. The van der Waals surface area contributed by atoms with Crippen LogP contribution in [-0.2, 0) is 9.59 Å². The molecule has 2 aromatic carbocycles. The molecular weight excluding hydrogens is 362 g/mol. The maximum Gasteiger partial charge on any atom is 0.227 e. The molecule has 148 valence electrons. The predicted molar refractivity (Wildman–Crippen MR) is 105 cm³/mol. The van der Waals surface area contributed by atoms with Gasteiger partial charge in [0.25, 0.3) is 0 Å². The largest absolute Gasteiger partial charge is 0.326 e. The van der Waals surface area contributed by atoms with Crippen molar-refractivity contribution in [3.05, 3.63) is 59.2 Å². The van der Waals surface area contributed by atoms with Crippen molar-refractivity contribution in [3.8, 4) is 0 Å². The molecule has 4 nitrogen and oxygen atoms in total. The van der Waals surface area contributed by atoms with E-state index in [0.717, 1.165) is 28.9 Å². The molecule has 28 heavy (non-hydrogen) atoms. The number of rotatable bonds is 4. The number of para-hydroxylation sites is 1. The van der Waals surface area contributed by atoms with Gasteiger partial charge in [-0.25, -0.2) is 8.78 Å². The molecule has 0 atom stereocenters. The molecule has 0 saturated heterocycles. The Kier molecular flexibility index (Phi) is 6.07. The van der Waals surface area contributed by atoms with E-state index >= 15 is 0 Å². The van der Waals surface area contributed by atoms with E-state index in [4.69, 9.17) is 0 Å². The molecule has 1 aliphatic carbocycles. The molecule has 1 aliphatic rings. The molecule has 1 saturated carbocycles. The van der Waals surface area contributed by atoms with Crippen molar-refractivity contribution in [2.45, 2.75) is 39.5 Å². The topological polar surface area (TPSA) is 58.2 Å². The van der Waals surface area contributed by atoms with Crippen molar-refractivity contribution in [2.75, 3.05) is 10.6 Å². The van der Waals surface area contributed by atoms with Crippen LogP contribution in [0.2, 0.25) is 0 Å². The Balaban J connectivity index is 1.54. The zero-order valence-corrected chi connectivity index (χ0v) is 16.0. The molecule has 3 rings (SSSR count). The van der Waals surface area contributed by atoms with Gasteiger partial charge in [-0.2, -0.15) is 0 Å². The lowest BCUT2D eigenvalue weighted by molar-refractivity contribution is -0.125. The highest BCUT2D eigenvalue weighted by molar-refractivity contribution is 5.94. The summed E-state index contributed by atoms with van der Waals surface area (Å²) < 4.78 is 27.4. The fourth-order valence-corrected chi connectivity index (χ4v) is 3.52. The van der Waals surface area contributed by atoms with Crippen molar-refractivity contribution >= 4 is 23.2 Å². The summed E-state index contributed by atoms with van der Waals surface area (Å²) in [5.41, 5.74) is 2.62. The SMILES string of the molecule is Cc1ccc(NC(=O)C2CCC(C(=O)Nc3c(F)cccc3F)CC2)cc1C. The normalized spacial score (nSPS) is 19.1. The molecule has 6 heteroatoms. The van der Waals surface area contributed by atoms with Crippen LogP contribution in [0.5, 0.6) is 0 Å². The van der Waals surface area contributed by atoms with Crippen LogP contribution in [-0.4, -0.2) is 11.8 Å². The van der Waals surface area contributed by atoms with Crippen LogP contribution in [0.15, 0.2) is 36.4 Å². The monoisotopic (exact) mass is 386 g/mol. The van der Waals surface area contributed by atoms with Crippen LogP contribution >= 0.6 is 0 Å². The van der Waals surface area contributed by atoms with Gasteiger partial charge < -0.3 is 10.6 Å². The smallest absolute Gasteiger partial charge is 0.227 e. The van der Waals surface area contributed by atoms with Gasteiger partial charge in [0.05, 0.1) is 0 Å². The first kappa shape index (κ1) is 20.0. The standard InChI is InChI=1S/C22H24F2N2O2/c1-13-6-11-17(12-14(13)2)25-21(27)15-7-9-16(10-8-15)22(28)26-20-18(23)4-3-5-19(20)24/h3-6,11-12,15-16H,7-10H2,1-2H3,(H,25,27)(H,26,28). The highest BCUT2D eigenvalue weighted by atomic mass is 19.1. The summed E-state index contributed by atoms with van der Waals surface area (Å²) in [6.45, 7) is 4.01. The number of amides is 2. The Morgan fingerprint density at radius 1 is 0.821 bits per heavy atom. The summed E-state index contributed by atoms with van der Waals surface area (Å²) in [5.74, 6) is -2.58. The van der Waals surface area contributed by atoms with Crippen molar-refractivity contribution < 1.29 is 18.4 Å². The van der Waals surface area contributed by atoms with Gasteiger partial charge in [-0.05, 0) is 74.9 Å². The maximum atomic E-state index is 13.7. The van der Waals surface area contributed by atoms with Crippen LogP contribution in [0, 0.1) is 37.3 Å². The Morgan fingerprint density at radius 2 is 1.36 bits per heavy atom. The summed E-state index contributed by atoms with van der Waals surface area (Å²) in [4.78, 5) is 24.9. The number of aryl methyl sites for hydroxylation is 2. The van der Waals surface area contributed by atoms with E-state index in [2.05, 4.69) is 10.6 Å². The molecule has 2 N–H and O–H groups in total. The van der Waals surface area contributed by atoms with Crippen molar-refractivity contribution in [1.82, 2.24) is 0 Å². The Labute approximate surface area is 163 Å². The number of benzene rings is 2. The first-order chi connectivity index (χ1) is 13.3. The van der Waals surface area contributed by atoms with E-state index in [1.54, 1.807) is 0 Å². The molecule has 1 fully saturated rings. The lowest BCUT2D eigenvalue weighted by Gasteiger charge is -2.27. The van der Waals surface area contributed by atoms with Gasteiger partial charge in [-0.1, -0.05) is 12.1 Å². The fraction of sp³-hybridized carbons (Fsp3) is 0.364. The lowest BCUT2D eigenvalue weighted by atomic mass is 9.81. The minimum absolute atomic E-state index is 0.0535. The first-order valence-electron chi connectivity index (χ1n) is 9.48. The van der Waals surface area contributed by atoms with Gasteiger partial charge in [-0.15, -0.1) is 0 Å². The number of carbonyl (C=O) groups is 2. The van der Waals surface area contributed by atoms with E-state index in [-0.39, 0.29) is 17.7 Å². The molecule has 0 unspecified atom stereocenters. The summed E-state index contributed by atoms with van der Waals surface area (Å²) in [5, 5.41) is 5.29. The summed E-state index contributed by atoms with van der Waals surface area (Å²) >= 11 is 0. The molecular formula is C22H24F2N2O2. The fourth-order valence-electron chi connectivity index (χ4n) is 3.52. The third kappa shape index (κ3) is 4.55. The summed E-state index contributed by atoms with van der Waals surface area (Å²) in [7, 11) is 0. The number of halogens is 2. The van der Waals surface area contributed by atoms with Crippen LogP contribution in [0.1, 0.15) is 36.8 Å². The van der Waals surface area contributed by atoms with Gasteiger partial charge >= 0.3 is 0 Å². The Bertz CT molecular complexity index is 870. The molecule has 0 aromatic heterocycles. The molecule has 2 aromatic rings. The van der Waals surface area contributed by atoms with Crippen LogP contribution in [0.3, 0.4) is 0 Å². The minimum atomic E-state index is -0.796. The maximum absolute atomic E-state index is 13.7. The zero-order valence-electron chi connectivity index (χ0n) is 16.0. The zero-order chi connectivity index (χ0) is 20.3. The van der Waals surface area contributed by atoms with Crippen molar-refractivity contribution in [2.24, 2.45) is 11.8 Å². The van der Waals surface area contributed by atoms with Crippen molar-refractivity contribution in [3.63, 3.8) is 0 Å². The number of hydrogen-bond donors (Lipinski definition) is 2. The van der Waals surface area contributed by atoms with E-state index in [0.29, 0.717) is 25.7 Å². The number of carbonyl (C=O) groups excluding carboxylic acids is 2. The molecule has 2 amide bonds. The third-order valence-electron chi connectivity index (χ3n) is 5.45. The van der Waals surface area contributed by atoms with E-state index in [1.807, 2.05) is 32.0 Å². The number of hydrogen-bond acceptors (Lipinski definition) is 2. The average Bonchev–Trinajstić information content (AvgIpc) is 2.67.